The van der Waals surface area contributed by atoms with E-state index in [1.807, 2.05) is 48.4 Å². The van der Waals surface area contributed by atoms with Gasteiger partial charge in [0.15, 0.2) is 5.17 Å². The van der Waals surface area contributed by atoms with Crippen molar-refractivity contribution in [2.24, 2.45) is 10.9 Å². The lowest BCUT2D eigenvalue weighted by Crippen LogP contribution is -2.44. The van der Waals surface area contributed by atoms with Crippen LogP contribution in [0.4, 0.5) is 0 Å². The number of rotatable bonds is 7. The number of allylic oxidation sites excluding steroid dienone is 1. The SMILES string of the molecule is CCOC(=O)[C@H]1CCCN(C(=O)CC2=CSC3=NC(CC)=C(C(=O)OC)[C@@H](c4ccccc4C)N23)C1. The number of carbonyl (C=O) groups excluding carboxylic acids is 3. The van der Waals surface area contributed by atoms with Gasteiger partial charge >= 0.3 is 11.9 Å². The number of carbonyl (C=O) groups is 3. The predicted octanol–water partition coefficient (Wildman–Crippen LogP) is 4.32. The highest BCUT2D eigenvalue weighted by Crippen LogP contribution is 2.46. The molecule has 0 aliphatic carbocycles. The van der Waals surface area contributed by atoms with Gasteiger partial charge < -0.3 is 19.3 Å². The molecule has 0 saturated carbocycles. The Morgan fingerprint density at radius 2 is 1.97 bits per heavy atom. The topological polar surface area (TPSA) is 88.5 Å². The number of likely N-dealkylation sites (tertiary alicyclic amines) is 1. The molecular formula is C27H33N3O5S. The molecule has 0 unspecified atom stereocenters. The van der Waals surface area contributed by atoms with Crippen molar-refractivity contribution in [2.75, 3.05) is 26.8 Å². The Morgan fingerprint density at radius 3 is 2.67 bits per heavy atom. The summed E-state index contributed by atoms with van der Waals surface area (Å²) < 4.78 is 10.4. The van der Waals surface area contributed by atoms with Crippen molar-refractivity contribution in [1.82, 2.24) is 9.80 Å². The Labute approximate surface area is 216 Å². The number of hydrogen-bond acceptors (Lipinski definition) is 8. The smallest absolute Gasteiger partial charge is 0.338 e. The maximum absolute atomic E-state index is 13.4. The Morgan fingerprint density at radius 1 is 1.19 bits per heavy atom. The minimum atomic E-state index is -0.441. The summed E-state index contributed by atoms with van der Waals surface area (Å²) in [5.41, 5.74) is 3.99. The van der Waals surface area contributed by atoms with Crippen LogP contribution in [0.1, 0.15) is 56.7 Å². The average Bonchev–Trinajstić information content (AvgIpc) is 3.29. The summed E-state index contributed by atoms with van der Waals surface area (Å²) in [4.78, 5) is 47.3. The van der Waals surface area contributed by atoms with Crippen molar-refractivity contribution < 1.29 is 23.9 Å². The Kier molecular flexibility index (Phi) is 8.18. The van der Waals surface area contributed by atoms with Gasteiger partial charge in [0.1, 0.15) is 0 Å². The summed E-state index contributed by atoms with van der Waals surface area (Å²) >= 11 is 1.46. The van der Waals surface area contributed by atoms with E-state index in [9.17, 15) is 14.4 Å². The highest BCUT2D eigenvalue weighted by molar-refractivity contribution is 8.16. The molecule has 0 radical (unpaired) electrons. The number of methoxy groups -OCH3 is 1. The van der Waals surface area contributed by atoms with Crippen LogP contribution in [0.15, 0.2) is 51.6 Å². The van der Waals surface area contributed by atoms with E-state index < -0.39 is 12.0 Å². The van der Waals surface area contributed by atoms with E-state index in [1.54, 1.807) is 11.8 Å². The van der Waals surface area contributed by atoms with Gasteiger partial charge in [0.2, 0.25) is 5.91 Å². The second kappa shape index (κ2) is 11.3. The van der Waals surface area contributed by atoms with Crippen molar-refractivity contribution in [2.45, 2.75) is 52.5 Å². The Bertz CT molecular complexity index is 1140. The standard InChI is InChI=1S/C27H33N3O5S/c1-5-21-23(26(33)34-4)24(20-12-8-7-10-17(20)3)30-19(16-36-27(30)28-21)14-22(31)29-13-9-11-18(15-29)25(32)35-6-2/h7-8,10,12,16,18,24H,5-6,9,11,13-15H2,1-4H3/t18-,24+/m0/s1. The Hall–Kier alpha value is -3.07. The normalized spacial score (nSPS) is 21.6. The lowest BCUT2D eigenvalue weighted by atomic mass is 9.90. The molecule has 4 rings (SSSR count). The number of piperidine rings is 1. The van der Waals surface area contributed by atoms with E-state index in [2.05, 4.69) is 0 Å². The number of esters is 2. The molecule has 36 heavy (non-hydrogen) atoms. The molecule has 2 atom stereocenters. The molecule has 0 spiro atoms. The summed E-state index contributed by atoms with van der Waals surface area (Å²) in [6.45, 7) is 7.10. The first-order chi connectivity index (χ1) is 17.4. The van der Waals surface area contributed by atoms with Crippen LogP contribution in [-0.2, 0) is 23.9 Å². The number of aliphatic imine (C=N–C) groups is 1. The molecule has 9 heteroatoms. The first-order valence-corrected chi connectivity index (χ1v) is 13.3. The summed E-state index contributed by atoms with van der Waals surface area (Å²) in [5, 5.41) is 2.70. The number of aryl methyl sites for hydroxylation is 1. The van der Waals surface area contributed by atoms with Crippen LogP contribution in [0.2, 0.25) is 0 Å². The summed E-state index contributed by atoms with van der Waals surface area (Å²) in [7, 11) is 1.38. The fourth-order valence-electron chi connectivity index (χ4n) is 5.02. The number of fused-ring (bicyclic) bond motifs is 1. The van der Waals surface area contributed by atoms with Crippen LogP contribution in [0.25, 0.3) is 0 Å². The zero-order valence-electron chi connectivity index (χ0n) is 21.3. The number of amidine groups is 1. The van der Waals surface area contributed by atoms with Gasteiger partial charge in [-0.1, -0.05) is 43.0 Å². The molecule has 1 aromatic rings. The molecule has 192 valence electrons. The third-order valence-electron chi connectivity index (χ3n) is 6.84. The second-order valence-corrected chi connectivity index (χ2v) is 9.90. The van der Waals surface area contributed by atoms with E-state index in [0.29, 0.717) is 37.4 Å². The molecule has 3 aliphatic rings. The molecule has 3 heterocycles. The van der Waals surface area contributed by atoms with Gasteiger partial charge in [-0.3, -0.25) is 9.59 Å². The van der Waals surface area contributed by atoms with Crippen LogP contribution >= 0.6 is 11.8 Å². The van der Waals surface area contributed by atoms with Crippen LogP contribution in [0.5, 0.6) is 0 Å². The van der Waals surface area contributed by atoms with E-state index in [-0.39, 0.29) is 24.2 Å². The van der Waals surface area contributed by atoms with Gasteiger partial charge in [-0.2, -0.15) is 0 Å². The molecule has 1 aromatic carbocycles. The minimum absolute atomic E-state index is 0.0504. The van der Waals surface area contributed by atoms with E-state index in [1.165, 1.54) is 18.9 Å². The summed E-state index contributed by atoms with van der Waals surface area (Å²) in [6, 6.07) is 7.51. The minimum Gasteiger partial charge on any atom is -0.466 e. The molecule has 0 N–H and O–H groups in total. The van der Waals surface area contributed by atoms with Crippen LogP contribution in [-0.4, -0.2) is 59.6 Å². The molecule has 1 fully saturated rings. The number of benzene rings is 1. The maximum Gasteiger partial charge on any atom is 0.338 e. The molecule has 1 saturated heterocycles. The fraction of sp³-hybridized carbons (Fsp3) is 0.481. The molecule has 3 aliphatic heterocycles. The van der Waals surface area contributed by atoms with E-state index >= 15 is 0 Å². The van der Waals surface area contributed by atoms with Crippen LogP contribution < -0.4 is 0 Å². The predicted molar refractivity (Wildman–Crippen MR) is 139 cm³/mol. The first kappa shape index (κ1) is 26.0. The van der Waals surface area contributed by atoms with Gasteiger partial charge in [-0.25, -0.2) is 9.79 Å². The monoisotopic (exact) mass is 511 g/mol. The van der Waals surface area contributed by atoms with Crippen molar-refractivity contribution >= 4 is 34.8 Å². The lowest BCUT2D eigenvalue weighted by Gasteiger charge is -2.38. The highest BCUT2D eigenvalue weighted by Gasteiger charge is 2.42. The zero-order chi connectivity index (χ0) is 25.8. The van der Waals surface area contributed by atoms with Gasteiger partial charge in [0.05, 0.1) is 43.4 Å². The third-order valence-corrected chi connectivity index (χ3v) is 7.73. The van der Waals surface area contributed by atoms with Crippen molar-refractivity contribution in [1.29, 1.82) is 0 Å². The lowest BCUT2D eigenvalue weighted by molar-refractivity contribution is -0.151. The van der Waals surface area contributed by atoms with Gasteiger partial charge in [-0.15, -0.1) is 0 Å². The molecular weight excluding hydrogens is 478 g/mol. The van der Waals surface area contributed by atoms with E-state index in [0.717, 1.165) is 34.8 Å². The summed E-state index contributed by atoms with van der Waals surface area (Å²) in [5.74, 6) is -0.998. The van der Waals surface area contributed by atoms with Crippen LogP contribution in [0.3, 0.4) is 0 Å². The number of hydrogen-bond donors (Lipinski definition) is 0. The van der Waals surface area contributed by atoms with Gasteiger partial charge in [0.25, 0.3) is 0 Å². The molecule has 0 bridgehead atoms. The number of ether oxygens (including phenoxy) is 2. The highest BCUT2D eigenvalue weighted by atomic mass is 32.2. The quantitative estimate of drug-likeness (QED) is 0.504. The number of nitrogens with zero attached hydrogens (tertiary/aromatic N) is 3. The summed E-state index contributed by atoms with van der Waals surface area (Å²) in [6.07, 6.45) is 2.23. The van der Waals surface area contributed by atoms with Gasteiger partial charge in [0, 0.05) is 18.8 Å². The average molecular weight is 512 g/mol. The van der Waals surface area contributed by atoms with Crippen molar-refractivity contribution in [3.8, 4) is 0 Å². The Balaban J connectivity index is 1.63. The maximum atomic E-state index is 13.4. The molecule has 0 aromatic heterocycles. The first-order valence-electron chi connectivity index (χ1n) is 12.4. The van der Waals surface area contributed by atoms with Crippen molar-refractivity contribution in [3.63, 3.8) is 0 Å². The largest absolute Gasteiger partial charge is 0.466 e. The number of amides is 1. The van der Waals surface area contributed by atoms with E-state index in [4.69, 9.17) is 14.5 Å². The van der Waals surface area contributed by atoms with Crippen molar-refractivity contribution in [3.05, 3.63) is 57.8 Å². The van der Waals surface area contributed by atoms with Gasteiger partial charge in [-0.05, 0) is 49.6 Å². The second-order valence-electron chi connectivity index (χ2n) is 9.06. The fourth-order valence-corrected chi connectivity index (χ4v) is 5.96. The zero-order valence-corrected chi connectivity index (χ0v) is 22.1. The van der Waals surface area contributed by atoms with Crippen LogP contribution in [0, 0.1) is 12.8 Å². The molecule has 1 amide bonds. The third kappa shape index (κ3) is 5.07. The number of thioether (sulfide) groups is 1. The molecule has 8 nitrogen and oxygen atoms in total.